The lowest BCUT2D eigenvalue weighted by molar-refractivity contribution is -0.149. The third-order valence-corrected chi connectivity index (χ3v) is 10.9. The van der Waals surface area contributed by atoms with Crippen LogP contribution in [0.25, 0.3) is 0 Å². The molecule has 3 aromatic rings. The summed E-state index contributed by atoms with van der Waals surface area (Å²) in [6, 6.07) is 28.0. The topological polar surface area (TPSA) is 35.5 Å². The quantitative estimate of drug-likeness (QED) is 0.0538. The molecule has 1 fully saturated rings. The number of fused-ring (bicyclic) bond motifs is 2. The second-order valence-electron chi connectivity index (χ2n) is 12.3. The Bertz CT molecular complexity index is 1230. The average Bonchev–Trinajstić information content (AvgIpc) is 3.70. The molecule has 0 saturated heterocycles. The van der Waals surface area contributed by atoms with E-state index in [1.54, 1.807) is 0 Å². The lowest BCUT2D eigenvalue weighted by Crippen LogP contribution is -2.21. The molecule has 0 spiro atoms. The zero-order valence-electron chi connectivity index (χ0n) is 26.0. The van der Waals surface area contributed by atoms with E-state index in [1.807, 2.05) is 23.5 Å². The molecule has 234 valence electrons. The fraction of sp³-hybridized carbons (Fsp3) is 0.462. The van der Waals surface area contributed by atoms with E-state index in [4.69, 9.17) is 9.47 Å². The average molecular weight is 629 g/mol. The van der Waals surface area contributed by atoms with Gasteiger partial charge in [-0.3, -0.25) is 4.79 Å². The van der Waals surface area contributed by atoms with E-state index < -0.39 is 0 Å². The van der Waals surface area contributed by atoms with Crippen LogP contribution in [-0.4, -0.2) is 19.2 Å². The Labute approximate surface area is 273 Å². The first kappa shape index (κ1) is 32.8. The first-order valence-corrected chi connectivity index (χ1v) is 18.7. The maximum atomic E-state index is 12.3. The van der Waals surface area contributed by atoms with Gasteiger partial charge in [-0.15, -0.1) is 23.5 Å². The van der Waals surface area contributed by atoms with Crippen molar-refractivity contribution in [3.63, 3.8) is 0 Å². The van der Waals surface area contributed by atoms with E-state index in [0.29, 0.717) is 18.4 Å². The van der Waals surface area contributed by atoms with Crippen LogP contribution in [0.2, 0.25) is 0 Å². The lowest BCUT2D eigenvalue weighted by atomic mass is 9.94. The van der Waals surface area contributed by atoms with Crippen LogP contribution in [0.4, 0.5) is 0 Å². The van der Waals surface area contributed by atoms with Crippen LogP contribution in [0.5, 0.6) is 5.75 Å². The fourth-order valence-electron chi connectivity index (χ4n) is 6.31. The number of carbonyl (C=O) groups excluding carboxylic acids is 1. The van der Waals surface area contributed by atoms with Crippen molar-refractivity contribution < 1.29 is 14.3 Å². The first-order chi connectivity index (χ1) is 21.7. The number of esters is 1. The third kappa shape index (κ3) is 11.1. The van der Waals surface area contributed by atoms with Gasteiger partial charge in [0.1, 0.15) is 5.75 Å². The molecule has 2 aliphatic rings. The van der Waals surface area contributed by atoms with Gasteiger partial charge in [0, 0.05) is 21.3 Å². The van der Waals surface area contributed by atoms with Crippen LogP contribution in [0, 0.1) is 17.8 Å². The molecule has 0 heterocycles. The number of benzene rings is 3. The highest BCUT2D eigenvalue weighted by atomic mass is 32.2. The van der Waals surface area contributed by atoms with E-state index in [9.17, 15) is 4.79 Å². The molecular formula is C39H48O3S2. The molecule has 2 aliphatic carbocycles. The molecule has 0 radical (unpaired) electrons. The summed E-state index contributed by atoms with van der Waals surface area (Å²) in [6.07, 6.45) is 17.5. The van der Waals surface area contributed by atoms with Gasteiger partial charge in [0.05, 0.1) is 19.1 Å². The number of ether oxygens (including phenoxy) is 2. The first-order valence-electron chi connectivity index (χ1n) is 16.7. The van der Waals surface area contributed by atoms with Crippen molar-refractivity contribution in [1.29, 1.82) is 0 Å². The molecule has 0 unspecified atom stereocenters. The van der Waals surface area contributed by atoms with Crippen LogP contribution in [0.3, 0.4) is 0 Å². The van der Waals surface area contributed by atoms with Gasteiger partial charge < -0.3 is 9.47 Å². The molecule has 3 nitrogen and oxygen atoms in total. The Hall–Kier alpha value is -2.63. The van der Waals surface area contributed by atoms with Crippen LogP contribution in [0.15, 0.2) is 101 Å². The van der Waals surface area contributed by atoms with Gasteiger partial charge in [0.25, 0.3) is 0 Å². The van der Waals surface area contributed by atoms with Crippen LogP contribution >= 0.6 is 23.5 Å². The smallest absolute Gasteiger partial charge is 0.309 e. The molecule has 0 N–H and O–H groups in total. The van der Waals surface area contributed by atoms with Crippen molar-refractivity contribution in [2.24, 2.45) is 17.8 Å². The molecule has 0 amide bonds. The van der Waals surface area contributed by atoms with Gasteiger partial charge >= 0.3 is 5.97 Å². The lowest BCUT2D eigenvalue weighted by Gasteiger charge is -2.16. The minimum absolute atomic E-state index is 0.0445. The van der Waals surface area contributed by atoms with Crippen LogP contribution in [0.1, 0.15) is 81.8 Å². The van der Waals surface area contributed by atoms with Gasteiger partial charge in [-0.2, -0.15) is 0 Å². The standard InChI is InChI=1S/C39H48O3S2/c40-39(38-28-31-20-21-34(38)25-31)42-23-15-7-5-3-1-2-4-6-14-22-41-35-26-32(29-43-36-16-10-8-11-17-36)24-33(27-35)30-44-37-18-12-9-13-19-37/h8-13,16-21,24,26-27,31,34,38H,1-7,14-15,22-23,25,28-30H2/t31-,34-,38-/m0/s1. The minimum atomic E-state index is 0.0445. The molecule has 0 aliphatic heterocycles. The van der Waals surface area contributed by atoms with Gasteiger partial charge in [0.15, 0.2) is 0 Å². The summed E-state index contributed by atoms with van der Waals surface area (Å²) in [5.41, 5.74) is 2.63. The maximum absolute atomic E-state index is 12.3. The van der Waals surface area contributed by atoms with E-state index >= 15 is 0 Å². The number of unbranched alkanes of at least 4 members (excludes halogenated alkanes) is 8. The third-order valence-electron chi connectivity index (χ3n) is 8.71. The molecule has 44 heavy (non-hydrogen) atoms. The Morgan fingerprint density at radius 3 is 1.70 bits per heavy atom. The predicted molar refractivity (Wildman–Crippen MR) is 185 cm³/mol. The van der Waals surface area contributed by atoms with E-state index in [0.717, 1.165) is 56.0 Å². The SMILES string of the molecule is O=C(OCCCCCCCCCCCOc1cc(CSc2ccccc2)cc(CSc2ccccc2)c1)[C@H]1C[C@H]2C=C[C@H]1C2. The molecule has 2 bridgehead atoms. The maximum Gasteiger partial charge on any atom is 0.309 e. The Kier molecular flexibility index (Phi) is 13.7. The minimum Gasteiger partial charge on any atom is -0.494 e. The van der Waals surface area contributed by atoms with Gasteiger partial charge in [-0.25, -0.2) is 0 Å². The summed E-state index contributed by atoms with van der Waals surface area (Å²) < 4.78 is 11.9. The van der Waals surface area contributed by atoms with Crippen LogP contribution in [-0.2, 0) is 21.0 Å². The highest BCUT2D eigenvalue weighted by Crippen LogP contribution is 2.43. The number of carbonyl (C=O) groups is 1. The summed E-state index contributed by atoms with van der Waals surface area (Å²) >= 11 is 3.75. The molecule has 1 saturated carbocycles. The van der Waals surface area contributed by atoms with Crippen molar-refractivity contribution in [3.8, 4) is 5.75 Å². The number of allylic oxidation sites excluding steroid dienone is 2. The number of hydrogen-bond acceptors (Lipinski definition) is 5. The van der Waals surface area contributed by atoms with Gasteiger partial charge in [-0.05, 0) is 85.0 Å². The van der Waals surface area contributed by atoms with E-state index in [1.165, 1.54) is 59.4 Å². The van der Waals surface area contributed by atoms with E-state index in [2.05, 4.69) is 91.0 Å². The molecule has 3 atom stereocenters. The highest BCUT2D eigenvalue weighted by molar-refractivity contribution is 7.98. The molecule has 0 aromatic heterocycles. The van der Waals surface area contributed by atoms with Crippen molar-refractivity contribution >= 4 is 29.5 Å². The van der Waals surface area contributed by atoms with Crippen molar-refractivity contribution in [1.82, 2.24) is 0 Å². The number of hydrogen-bond donors (Lipinski definition) is 0. The zero-order valence-corrected chi connectivity index (χ0v) is 27.7. The highest BCUT2D eigenvalue weighted by Gasteiger charge is 2.40. The summed E-state index contributed by atoms with van der Waals surface area (Å²) in [5, 5.41) is 0. The summed E-state index contributed by atoms with van der Waals surface area (Å²) in [5.74, 6) is 4.12. The monoisotopic (exact) mass is 628 g/mol. The Morgan fingerprint density at radius 1 is 0.636 bits per heavy atom. The normalized spacial score (nSPS) is 18.5. The van der Waals surface area contributed by atoms with Gasteiger partial charge in [-0.1, -0.05) is 99.6 Å². The number of rotatable bonds is 20. The largest absolute Gasteiger partial charge is 0.494 e. The second kappa shape index (κ2) is 18.4. The van der Waals surface area contributed by atoms with Crippen LogP contribution < -0.4 is 4.74 Å². The Morgan fingerprint density at radius 2 is 1.18 bits per heavy atom. The van der Waals surface area contributed by atoms with E-state index in [-0.39, 0.29) is 11.9 Å². The van der Waals surface area contributed by atoms with Crippen molar-refractivity contribution in [3.05, 3.63) is 102 Å². The second-order valence-corrected chi connectivity index (χ2v) is 14.4. The zero-order chi connectivity index (χ0) is 30.2. The molecule has 3 aromatic carbocycles. The predicted octanol–water partition coefficient (Wildman–Crippen LogP) is 10.9. The summed E-state index contributed by atoms with van der Waals surface area (Å²) in [7, 11) is 0. The van der Waals surface area contributed by atoms with Crippen molar-refractivity contribution in [2.75, 3.05) is 13.2 Å². The summed E-state index contributed by atoms with van der Waals surface area (Å²) in [6.45, 7) is 1.37. The molecular weight excluding hydrogens is 581 g/mol. The summed E-state index contributed by atoms with van der Waals surface area (Å²) in [4.78, 5) is 14.9. The van der Waals surface area contributed by atoms with Gasteiger partial charge in [0.2, 0.25) is 0 Å². The number of thioether (sulfide) groups is 2. The Balaban J connectivity index is 0.926. The molecule has 5 rings (SSSR count). The van der Waals surface area contributed by atoms with Crippen molar-refractivity contribution in [2.45, 2.75) is 91.9 Å². The molecule has 5 heteroatoms. The fourth-order valence-corrected chi connectivity index (χ4v) is 8.01.